The molecule has 3 heterocycles. The molecule has 3 atom stereocenters. The van der Waals surface area contributed by atoms with Crippen molar-refractivity contribution >= 4 is 28.6 Å². The van der Waals surface area contributed by atoms with Gasteiger partial charge in [0.15, 0.2) is 6.29 Å². The molecule has 2 saturated heterocycles. The predicted molar refractivity (Wildman–Crippen MR) is 186 cm³/mol. The molecule has 0 saturated carbocycles. The first-order chi connectivity index (χ1) is 23.9. The van der Waals surface area contributed by atoms with Crippen LogP contribution in [0.3, 0.4) is 0 Å². The molecule has 0 unspecified atom stereocenters. The third-order valence-corrected chi connectivity index (χ3v) is 9.61. The van der Waals surface area contributed by atoms with E-state index in [0.717, 1.165) is 73.0 Å². The maximum Gasteiger partial charge on any atom is 0.326 e. The zero-order chi connectivity index (χ0) is 34.2. The normalized spacial score (nSPS) is 20.4. The summed E-state index contributed by atoms with van der Waals surface area (Å²) in [5.41, 5.74) is 5.08. The molecule has 0 spiro atoms. The second-order valence-corrected chi connectivity index (χ2v) is 13.2. The van der Waals surface area contributed by atoms with Gasteiger partial charge in [-0.3, -0.25) is 14.2 Å². The number of ether oxygens (including phenoxy) is 2. The number of rotatable bonds is 14. The molecule has 11 nitrogen and oxygen atoms in total. The van der Waals surface area contributed by atoms with Gasteiger partial charge in [-0.2, -0.15) is 0 Å². The highest BCUT2D eigenvalue weighted by atomic mass is 16.7. The van der Waals surface area contributed by atoms with Crippen LogP contribution in [0.5, 0.6) is 0 Å². The molecule has 260 valence electrons. The number of hydrogen-bond acceptors (Lipinski definition) is 7. The lowest BCUT2D eigenvalue weighted by Gasteiger charge is -2.40. The first-order valence-electron chi connectivity index (χ1n) is 17.4. The summed E-state index contributed by atoms with van der Waals surface area (Å²) in [5.74, 6) is -0.874. The molecule has 4 aromatic rings. The summed E-state index contributed by atoms with van der Waals surface area (Å²) in [4.78, 5) is 41.6. The number of nitrogens with one attached hydrogen (secondary N) is 2. The topological polar surface area (TPSA) is 146 Å². The second-order valence-electron chi connectivity index (χ2n) is 13.2. The summed E-state index contributed by atoms with van der Waals surface area (Å²) >= 11 is 0. The van der Waals surface area contributed by atoms with Crippen molar-refractivity contribution in [3.8, 4) is 0 Å². The van der Waals surface area contributed by atoms with Crippen molar-refractivity contribution in [2.75, 3.05) is 25.0 Å². The molecule has 0 aliphatic carbocycles. The third kappa shape index (κ3) is 9.04. The summed E-state index contributed by atoms with van der Waals surface area (Å²) in [6.45, 7) is 2.39. The molecule has 1 amide bonds. The molecule has 2 fully saturated rings. The Kier molecular flexibility index (Phi) is 11.6. The van der Waals surface area contributed by atoms with Gasteiger partial charge in [0.25, 0.3) is 0 Å². The van der Waals surface area contributed by atoms with Crippen molar-refractivity contribution in [2.24, 2.45) is 0 Å². The highest BCUT2D eigenvalue weighted by Gasteiger charge is 2.34. The van der Waals surface area contributed by atoms with Gasteiger partial charge in [-0.15, -0.1) is 0 Å². The summed E-state index contributed by atoms with van der Waals surface area (Å²) in [5, 5.41) is 21.3. The number of aliphatic hydroxyl groups is 1. The van der Waals surface area contributed by atoms with E-state index in [0.29, 0.717) is 31.4 Å². The number of carbonyl (C=O) groups excluding carboxylic acids is 1. The van der Waals surface area contributed by atoms with Crippen LogP contribution in [0.2, 0.25) is 0 Å². The average Bonchev–Trinajstić information content (AvgIpc) is 3.45. The van der Waals surface area contributed by atoms with Gasteiger partial charge in [0.05, 0.1) is 29.8 Å². The number of piperidine rings is 1. The summed E-state index contributed by atoms with van der Waals surface area (Å²) in [6, 6.07) is 23.4. The number of unbranched alkanes of at least 4 members (excludes halogenated alkanes) is 3. The fourth-order valence-corrected chi connectivity index (χ4v) is 7.02. The molecule has 4 N–H and O–H groups in total. The van der Waals surface area contributed by atoms with Gasteiger partial charge in [0.1, 0.15) is 0 Å². The fraction of sp³-hybridized carbons (Fsp3) is 0.447. The third-order valence-electron chi connectivity index (χ3n) is 9.61. The van der Waals surface area contributed by atoms with Crippen LogP contribution in [-0.4, -0.2) is 62.3 Å². The van der Waals surface area contributed by atoms with E-state index in [-0.39, 0.29) is 42.9 Å². The molecule has 49 heavy (non-hydrogen) atoms. The maximum absolute atomic E-state index is 12.8. The predicted octanol–water partition coefficient (Wildman–Crippen LogP) is 6.07. The molecular weight excluding hydrogens is 624 g/mol. The molecule has 11 heteroatoms. The van der Waals surface area contributed by atoms with Crippen LogP contribution in [0.15, 0.2) is 77.6 Å². The van der Waals surface area contributed by atoms with Crippen LogP contribution in [0, 0.1) is 0 Å². The minimum atomic E-state index is -0.790. The minimum absolute atomic E-state index is 0.0238. The number of carboxylic acids is 1. The zero-order valence-electron chi connectivity index (χ0n) is 27.8. The summed E-state index contributed by atoms with van der Waals surface area (Å²) in [7, 11) is 0. The molecule has 1 aromatic heterocycles. The Morgan fingerprint density at radius 2 is 1.63 bits per heavy atom. The largest absolute Gasteiger partial charge is 0.481 e. The van der Waals surface area contributed by atoms with Gasteiger partial charge in [-0.25, -0.2) is 4.79 Å². The Balaban J connectivity index is 1.10. The molecule has 3 aromatic carbocycles. The first-order valence-corrected chi connectivity index (χ1v) is 17.4. The van der Waals surface area contributed by atoms with Crippen molar-refractivity contribution in [1.29, 1.82) is 0 Å². The van der Waals surface area contributed by atoms with Crippen molar-refractivity contribution in [3.05, 3.63) is 100.0 Å². The Labute approximate surface area is 285 Å². The average molecular weight is 671 g/mol. The fourth-order valence-electron chi connectivity index (χ4n) is 7.02. The van der Waals surface area contributed by atoms with Crippen LogP contribution in [-0.2, 0) is 25.7 Å². The highest BCUT2D eigenvalue weighted by molar-refractivity contribution is 5.90. The lowest BCUT2D eigenvalue weighted by molar-refractivity contribution is -0.253. The van der Waals surface area contributed by atoms with Gasteiger partial charge in [0, 0.05) is 56.2 Å². The smallest absolute Gasteiger partial charge is 0.326 e. The Morgan fingerprint density at radius 1 is 0.878 bits per heavy atom. The molecule has 2 aliphatic heterocycles. The molecule has 0 bridgehead atoms. The number of hydrogen-bond donors (Lipinski definition) is 4. The SMILES string of the molecule is O=C(O)CCCCCCC(=O)Nc1cccc([C@@H]2O[C@H](CN3CCC(n4c(=O)[nH]c5ccccc54)CC3)C[C@H](c3ccc(CO)cc3)O2)c1. The second kappa shape index (κ2) is 16.4. The highest BCUT2D eigenvalue weighted by Crippen LogP contribution is 2.39. The monoisotopic (exact) mass is 670 g/mol. The van der Waals surface area contributed by atoms with Crippen molar-refractivity contribution in [2.45, 2.75) is 88.9 Å². The van der Waals surface area contributed by atoms with E-state index < -0.39 is 12.3 Å². The Morgan fingerprint density at radius 3 is 2.39 bits per heavy atom. The van der Waals surface area contributed by atoms with Crippen molar-refractivity contribution in [3.63, 3.8) is 0 Å². The number of H-pyrrole nitrogens is 1. The number of aromatic nitrogens is 2. The number of carbonyl (C=O) groups is 2. The number of aromatic amines is 1. The maximum atomic E-state index is 12.8. The lowest BCUT2D eigenvalue weighted by atomic mass is 9.98. The Hall–Kier alpha value is -4.29. The van der Waals surface area contributed by atoms with Crippen LogP contribution < -0.4 is 11.0 Å². The van der Waals surface area contributed by atoms with Gasteiger partial charge >= 0.3 is 11.7 Å². The Bertz CT molecular complexity index is 1760. The number of fused-ring (bicyclic) bond motifs is 1. The van der Waals surface area contributed by atoms with Crippen LogP contribution in [0.25, 0.3) is 11.0 Å². The molecular formula is C38H46N4O7. The van der Waals surface area contributed by atoms with E-state index in [2.05, 4.69) is 15.2 Å². The summed E-state index contributed by atoms with van der Waals surface area (Å²) in [6.07, 6.45) is 4.87. The number of likely N-dealkylation sites (tertiary alicyclic amines) is 1. The van der Waals surface area contributed by atoms with Gasteiger partial charge in [0.2, 0.25) is 5.91 Å². The van der Waals surface area contributed by atoms with Gasteiger partial charge < -0.3 is 34.9 Å². The quantitative estimate of drug-likeness (QED) is 0.118. The standard InChI is InChI=1S/C38H46N4O7/c43-25-26-14-16-27(17-15-26)34-23-31(24-41-20-18-30(19-21-41)42-33-11-6-5-10-32(33)40-38(42)47)48-37(49-34)28-8-7-9-29(22-28)39-35(44)12-3-1-2-4-13-36(45)46/h5-11,14-17,22,30-31,34,37,43H,1-4,12-13,18-21,23-25H2,(H,39,44)(H,40,47)(H,45,46)/t31-,34+,37+/m0/s1. The zero-order valence-corrected chi connectivity index (χ0v) is 27.8. The number of carboxylic acid groups (broad SMARTS) is 1. The lowest BCUT2D eigenvalue weighted by Crippen LogP contribution is -2.43. The number of para-hydroxylation sites is 2. The number of nitrogens with zero attached hydrogens (tertiary/aromatic N) is 2. The van der Waals surface area contributed by atoms with Crippen molar-refractivity contribution in [1.82, 2.24) is 14.5 Å². The molecule has 0 radical (unpaired) electrons. The van der Waals surface area contributed by atoms with Crippen LogP contribution in [0.1, 0.15) is 92.9 Å². The van der Waals surface area contributed by atoms with E-state index in [4.69, 9.17) is 14.6 Å². The summed E-state index contributed by atoms with van der Waals surface area (Å²) < 4.78 is 15.1. The van der Waals surface area contributed by atoms with Crippen LogP contribution >= 0.6 is 0 Å². The number of aliphatic carboxylic acids is 1. The number of anilines is 1. The van der Waals surface area contributed by atoms with Crippen molar-refractivity contribution < 1.29 is 29.3 Å². The van der Waals surface area contributed by atoms with E-state index in [1.165, 1.54) is 0 Å². The molecule has 2 aliphatic rings. The van der Waals surface area contributed by atoms with E-state index in [1.54, 1.807) is 0 Å². The minimum Gasteiger partial charge on any atom is -0.481 e. The van der Waals surface area contributed by atoms with Crippen LogP contribution in [0.4, 0.5) is 5.69 Å². The first kappa shape index (κ1) is 34.6. The van der Waals surface area contributed by atoms with E-state index in [9.17, 15) is 19.5 Å². The number of aliphatic hydroxyl groups excluding tert-OH is 1. The number of imidazole rings is 1. The van der Waals surface area contributed by atoms with E-state index >= 15 is 0 Å². The van der Waals surface area contributed by atoms with Gasteiger partial charge in [-0.1, -0.05) is 61.4 Å². The number of amides is 1. The van der Waals surface area contributed by atoms with E-state index in [1.807, 2.05) is 77.4 Å². The van der Waals surface area contributed by atoms with Gasteiger partial charge in [-0.05, 0) is 61.1 Å². The number of benzene rings is 3. The molecule has 6 rings (SSSR count).